The van der Waals surface area contributed by atoms with Crippen molar-refractivity contribution < 1.29 is 9.53 Å². The van der Waals surface area contributed by atoms with Crippen LogP contribution in [0.15, 0.2) is 29.2 Å². The first-order chi connectivity index (χ1) is 10.9. The van der Waals surface area contributed by atoms with Gasteiger partial charge >= 0.3 is 0 Å². The Hall–Kier alpha value is -2.57. The van der Waals surface area contributed by atoms with Gasteiger partial charge in [0.2, 0.25) is 5.91 Å². The number of nitrogens with zero attached hydrogens (tertiary/aromatic N) is 4. The predicted molar refractivity (Wildman–Crippen MR) is 86.6 cm³/mol. The summed E-state index contributed by atoms with van der Waals surface area (Å²) in [6, 6.07) is 5.26. The van der Waals surface area contributed by atoms with E-state index in [0.717, 1.165) is 11.4 Å². The highest BCUT2D eigenvalue weighted by atomic mass is 16.5. The van der Waals surface area contributed by atoms with Gasteiger partial charge in [-0.25, -0.2) is 0 Å². The van der Waals surface area contributed by atoms with Gasteiger partial charge in [0.15, 0.2) is 5.75 Å². The van der Waals surface area contributed by atoms with Crippen molar-refractivity contribution in [2.75, 3.05) is 20.7 Å². The van der Waals surface area contributed by atoms with Gasteiger partial charge in [-0.05, 0) is 32.0 Å². The van der Waals surface area contributed by atoms with E-state index in [2.05, 4.69) is 5.10 Å². The molecule has 0 atom stereocenters. The largest absolute Gasteiger partial charge is 0.491 e. The number of likely N-dealkylation sites (N-methyl/N-ethyl adjacent to an activating group) is 1. The lowest BCUT2D eigenvalue weighted by molar-refractivity contribution is -0.130. The Labute approximate surface area is 135 Å². The fourth-order valence-electron chi connectivity index (χ4n) is 2.33. The molecule has 0 aliphatic carbocycles. The molecule has 0 fully saturated rings. The molecule has 23 heavy (non-hydrogen) atoms. The van der Waals surface area contributed by atoms with Crippen molar-refractivity contribution in [1.82, 2.24) is 19.2 Å². The summed E-state index contributed by atoms with van der Waals surface area (Å²) in [6.07, 6.45) is 1.58. The molecule has 2 heterocycles. The first kappa shape index (κ1) is 16.8. The van der Waals surface area contributed by atoms with E-state index in [0.29, 0.717) is 13.1 Å². The van der Waals surface area contributed by atoms with Crippen LogP contribution in [0.25, 0.3) is 0 Å². The van der Waals surface area contributed by atoms with Crippen molar-refractivity contribution in [2.24, 2.45) is 0 Å². The molecule has 0 unspecified atom stereocenters. The zero-order chi connectivity index (χ0) is 17.0. The summed E-state index contributed by atoms with van der Waals surface area (Å²) in [7, 11) is 3.16. The maximum absolute atomic E-state index is 12.3. The minimum atomic E-state index is -0.310. The van der Waals surface area contributed by atoms with Crippen LogP contribution in [0.4, 0.5) is 0 Å². The number of aromatic nitrogens is 3. The quantitative estimate of drug-likeness (QED) is 0.791. The zero-order valence-corrected chi connectivity index (χ0v) is 13.9. The zero-order valence-electron chi connectivity index (χ0n) is 13.9. The van der Waals surface area contributed by atoms with E-state index in [1.165, 1.54) is 11.7 Å². The van der Waals surface area contributed by atoms with Gasteiger partial charge in [0.05, 0.1) is 19.3 Å². The number of carbonyl (C=O) groups excluding carboxylic acids is 1. The molecule has 0 saturated carbocycles. The lowest BCUT2D eigenvalue weighted by Crippen LogP contribution is -2.35. The summed E-state index contributed by atoms with van der Waals surface area (Å²) in [6.45, 7) is 5.06. The van der Waals surface area contributed by atoms with Crippen LogP contribution in [0.3, 0.4) is 0 Å². The van der Waals surface area contributed by atoms with Crippen molar-refractivity contribution >= 4 is 5.91 Å². The average molecular weight is 318 g/mol. The topological polar surface area (TPSA) is 69.4 Å². The predicted octanol–water partition coefficient (Wildman–Crippen LogP) is 0.829. The molecule has 0 bridgehead atoms. The van der Waals surface area contributed by atoms with E-state index in [9.17, 15) is 9.59 Å². The molecule has 7 heteroatoms. The molecule has 0 aromatic carbocycles. The van der Waals surface area contributed by atoms with E-state index < -0.39 is 0 Å². The molecule has 2 rings (SSSR count). The Morgan fingerprint density at radius 1 is 1.39 bits per heavy atom. The summed E-state index contributed by atoms with van der Waals surface area (Å²) in [5.41, 5.74) is 1.71. The minimum absolute atomic E-state index is 0.0103. The number of hydrogen-bond donors (Lipinski definition) is 0. The number of carbonyl (C=O) groups is 1. The lowest BCUT2D eigenvalue weighted by atomic mass is 10.4. The van der Waals surface area contributed by atoms with Crippen LogP contribution in [0.2, 0.25) is 0 Å². The number of methoxy groups -OCH3 is 1. The second kappa shape index (κ2) is 7.13. The number of amides is 1. The average Bonchev–Trinajstić information content (AvgIpc) is 2.84. The molecule has 7 nitrogen and oxygen atoms in total. The molecule has 0 aliphatic heterocycles. The molecule has 0 radical (unpaired) electrons. The maximum atomic E-state index is 12.3. The van der Waals surface area contributed by atoms with E-state index in [4.69, 9.17) is 4.74 Å². The van der Waals surface area contributed by atoms with E-state index >= 15 is 0 Å². The number of pyridine rings is 1. The number of aryl methyl sites for hydroxylation is 2. The second-order valence-corrected chi connectivity index (χ2v) is 5.48. The highest BCUT2D eigenvalue weighted by Gasteiger charge is 2.12. The van der Waals surface area contributed by atoms with Crippen molar-refractivity contribution in [1.29, 1.82) is 0 Å². The molecule has 0 saturated heterocycles. The molecular weight excluding hydrogens is 296 g/mol. The Morgan fingerprint density at radius 2 is 2.13 bits per heavy atom. The van der Waals surface area contributed by atoms with E-state index in [1.807, 2.05) is 24.6 Å². The van der Waals surface area contributed by atoms with Crippen LogP contribution >= 0.6 is 0 Å². The Bertz CT molecular complexity index is 748. The summed E-state index contributed by atoms with van der Waals surface area (Å²) in [5, 5.41) is 4.37. The summed E-state index contributed by atoms with van der Waals surface area (Å²) < 4.78 is 8.20. The number of rotatable bonds is 6. The molecule has 124 valence electrons. The van der Waals surface area contributed by atoms with Gasteiger partial charge in [0, 0.05) is 25.5 Å². The van der Waals surface area contributed by atoms with Gasteiger partial charge in [0.1, 0.15) is 6.54 Å². The highest BCUT2D eigenvalue weighted by molar-refractivity contribution is 5.75. The third-order valence-electron chi connectivity index (χ3n) is 3.69. The molecule has 2 aromatic rings. The Balaban J connectivity index is 1.98. The first-order valence-electron chi connectivity index (χ1n) is 7.41. The van der Waals surface area contributed by atoms with Crippen LogP contribution in [0.5, 0.6) is 5.75 Å². The maximum Gasteiger partial charge on any atom is 0.293 e. The van der Waals surface area contributed by atoms with Gasteiger partial charge in [-0.3, -0.25) is 14.3 Å². The fourth-order valence-corrected chi connectivity index (χ4v) is 2.33. The molecule has 0 N–H and O–H groups in total. The van der Waals surface area contributed by atoms with Gasteiger partial charge in [-0.2, -0.15) is 5.10 Å². The van der Waals surface area contributed by atoms with Gasteiger partial charge in [-0.15, -0.1) is 0 Å². The van der Waals surface area contributed by atoms with E-state index in [1.54, 1.807) is 30.3 Å². The van der Waals surface area contributed by atoms with Gasteiger partial charge in [-0.1, -0.05) is 0 Å². The minimum Gasteiger partial charge on any atom is -0.491 e. The molecular formula is C16H22N4O3. The SMILES string of the molecule is COc1cccn(CC(=O)N(C)CCn2nc(C)cc2C)c1=O. The van der Waals surface area contributed by atoms with Crippen molar-refractivity contribution in [3.05, 3.63) is 46.1 Å². The highest BCUT2D eigenvalue weighted by Crippen LogP contribution is 2.03. The molecule has 0 aliphatic rings. The normalized spacial score (nSPS) is 10.6. The van der Waals surface area contributed by atoms with Crippen molar-refractivity contribution in [2.45, 2.75) is 26.9 Å². The monoisotopic (exact) mass is 318 g/mol. The van der Waals surface area contributed by atoms with Gasteiger partial charge in [0.25, 0.3) is 5.56 Å². The van der Waals surface area contributed by atoms with Crippen LogP contribution in [-0.4, -0.2) is 45.9 Å². The lowest BCUT2D eigenvalue weighted by Gasteiger charge is -2.18. The standard InChI is InChI=1S/C16H22N4O3/c1-12-10-13(2)20(17-12)9-8-18(3)15(21)11-19-7-5-6-14(23-4)16(19)22/h5-7,10H,8-9,11H2,1-4H3. The van der Waals surface area contributed by atoms with Crippen LogP contribution in [0.1, 0.15) is 11.4 Å². The fraction of sp³-hybridized carbons (Fsp3) is 0.438. The second-order valence-electron chi connectivity index (χ2n) is 5.48. The Kier molecular flexibility index (Phi) is 5.20. The number of ether oxygens (including phenoxy) is 1. The van der Waals surface area contributed by atoms with Crippen LogP contribution in [0, 0.1) is 13.8 Å². The van der Waals surface area contributed by atoms with Crippen LogP contribution < -0.4 is 10.3 Å². The van der Waals surface area contributed by atoms with E-state index in [-0.39, 0.29) is 23.8 Å². The summed E-state index contributed by atoms with van der Waals surface area (Å²) in [4.78, 5) is 25.9. The Morgan fingerprint density at radius 3 is 2.74 bits per heavy atom. The first-order valence-corrected chi connectivity index (χ1v) is 7.41. The van der Waals surface area contributed by atoms with Crippen molar-refractivity contribution in [3.8, 4) is 5.75 Å². The molecule has 2 aromatic heterocycles. The molecule has 1 amide bonds. The molecule has 0 spiro atoms. The van der Waals surface area contributed by atoms with Gasteiger partial charge < -0.3 is 14.2 Å². The summed E-state index contributed by atoms with van der Waals surface area (Å²) in [5.74, 6) is 0.0903. The van der Waals surface area contributed by atoms with Crippen molar-refractivity contribution in [3.63, 3.8) is 0 Å². The summed E-state index contributed by atoms with van der Waals surface area (Å²) >= 11 is 0. The smallest absolute Gasteiger partial charge is 0.293 e. The third-order valence-corrected chi connectivity index (χ3v) is 3.69. The third kappa shape index (κ3) is 4.00. The van der Waals surface area contributed by atoms with Crippen LogP contribution in [-0.2, 0) is 17.9 Å². The number of hydrogen-bond acceptors (Lipinski definition) is 4.